The summed E-state index contributed by atoms with van der Waals surface area (Å²) >= 11 is 0. The molecule has 1 aliphatic heterocycles. The molecule has 4 nitrogen and oxygen atoms in total. The van der Waals surface area contributed by atoms with E-state index < -0.39 is 0 Å². The molecule has 0 radical (unpaired) electrons. The first-order valence-corrected chi connectivity index (χ1v) is 6.17. The monoisotopic (exact) mass is 227 g/mol. The highest BCUT2D eigenvalue weighted by atomic mass is 16.5. The molecule has 1 N–H and O–H groups in total. The second-order valence-corrected chi connectivity index (χ2v) is 4.29. The van der Waals surface area contributed by atoms with Crippen molar-refractivity contribution in [3.05, 3.63) is 0 Å². The van der Waals surface area contributed by atoms with Crippen molar-refractivity contribution in [3.63, 3.8) is 0 Å². The van der Waals surface area contributed by atoms with Gasteiger partial charge < -0.3 is 10.1 Å². The second kappa shape index (κ2) is 7.25. The Morgan fingerprint density at radius 2 is 2.12 bits per heavy atom. The van der Waals surface area contributed by atoms with Crippen molar-refractivity contribution in [2.45, 2.75) is 45.4 Å². The van der Waals surface area contributed by atoms with Gasteiger partial charge in [-0.2, -0.15) is 0 Å². The minimum atomic E-state index is -0.261. The normalized spacial score (nSPS) is 19.6. The van der Waals surface area contributed by atoms with Gasteiger partial charge in [0.25, 0.3) is 0 Å². The molecule has 1 saturated heterocycles. The van der Waals surface area contributed by atoms with Crippen molar-refractivity contribution in [2.24, 2.45) is 5.92 Å². The Morgan fingerprint density at radius 1 is 1.38 bits per heavy atom. The Balaban J connectivity index is 2.00. The van der Waals surface area contributed by atoms with Gasteiger partial charge in [-0.05, 0) is 6.42 Å². The lowest BCUT2D eigenvalue weighted by Crippen LogP contribution is -2.20. The summed E-state index contributed by atoms with van der Waals surface area (Å²) in [4.78, 5) is 22.4. The van der Waals surface area contributed by atoms with Crippen LogP contribution in [0, 0.1) is 5.92 Å². The van der Waals surface area contributed by atoms with Gasteiger partial charge in [-0.3, -0.25) is 9.59 Å². The van der Waals surface area contributed by atoms with E-state index in [2.05, 4.69) is 12.2 Å². The van der Waals surface area contributed by atoms with Gasteiger partial charge in [-0.25, -0.2) is 0 Å². The van der Waals surface area contributed by atoms with Crippen molar-refractivity contribution >= 4 is 11.9 Å². The van der Waals surface area contributed by atoms with E-state index in [0.717, 1.165) is 12.8 Å². The first kappa shape index (κ1) is 13.0. The Morgan fingerprint density at radius 3 is 2.75 bits per heavy atom. The molecule has 1 aliphatic rings. The molecule has 0 aromatic heterocycles. The molecule has 1 fully saturated rings. The van der Waals surface area contributed by atoms with E-state index in [-0.39, 0.29) is 24.2 Å². The van der Waals surface area contributed by atoms with E-state index in [9.17, 15) is 9.59 Å². The number of amides is 1. The number of nitrogens with one attached hydrogen (secondary N) is 1. The maximum Gasteiger partial charge on any atom is 0.311 e. The van der Waals surface area contributed by atoms with Gasteiger partial charge in [0, 0.05) is 13.0 Å². The summed E-state index contributed by atoms with van der Waals surface area (Å²) in [5, 5.41) is 2.63. The van der Waals surface area contributed by atoms with E-state index in [1.807, 2.05) is 0 Å². The topological polar surface area (TPSA) is 55.4 Å². The number of esters is 1. The Kier molecular flexibility index (Phi) is 5.90. The average Bonchev–Trinajstić information content (AvgIpc) is 2.70. The number of ether oxygens (including phenoxy) is 1. The van der Waals surface area contributed by atoms with Crippen LogP contribution in [-0.2, 0) is 14.3 Å². The van der Waals surface area contributed by atoms with Crippen LogP contribution in [0.2, 0.25) is 0 Å². The first-order valence-electron chi connectivity index (χ1n) is 6.17. The quantitative estimate of drug-likeness (QED) is 0.531. The number of hydrogen-bond donors (Lipinski definition) is 1. The summed E-state index contributed by atoms with van der Waals surface area (Å²) in [6, 6.07) is 0. The van der Waals surface area contributed by atoms with Crippen LogP contribution in [0.5, 0.6) is 0 Å². The molecule has 0 aromatic rings. The van der Waals surface area contributed by atoms with E-state index in [1.54, 1.807) is 0 Å². The van der Waals surface area contributed by atoms with Gasteiger partial charge in [0.2, 0.25) is 5.91 Å². The molecule has 0 aliphatic carbocycles. The molecular weight excluding hydrogens is 206 g/mol. The molecule has 1 rings (SSSR count). The minimum Gasteiger partial charge on any atom is -0.465 e. The van der Waals surface area contributed by atoms with Crippen LogP contribution in [0.3, 0.4) is 0 Å². The summed E-state index contributed by atoms with van der Waals surface area (Å²) in [7, 11) is 0. The van der Waals surface area contributed by atoms with Crippen LogP contribution in [0.25, 0.3) is 0 Å². The Labute approximate surface area is 96.7 Å². The van der Waals surface area contributed by atoms with E-state index in [1.165, 1.54) is 19.3 Å². The molecule has 1 heterocycles. The number of hydrogen-bond acceptors (Lipinski definition) is 3. The third-order valence-electron chi connectivity index (χ3n) is 2.80. The predicted octanol–water partition coefficient (Wildman–Crippen LogP) is 1.64. The highest BCUT2D eigenvalue weighted by Crippen LogP contribution is 2.11. The highest BCUT2D eigenvalue weighted by Gasteiger charge is 2.28. The molecule has 1 amide bonds. The van der Waals surface area contributed by atoms with Gasteiger partial charge >= 0.3 is 5.97 Å². The smallest absolute Gasteiger partial charge is 0.311 e. The summed E-state index contributed by atoms with van der Waals surface area (Å²) in [5.74, 6) is -0.540. The lowest BCUT2D eigenvalue weighted by Gasteiger charge is -2.08. The number of rotatable bonds is 7. The largest absolute Gasteiger partial charge is 0.465 e. The fraction of sp³-hybridized carbons (Fsp3) is 0.833. The summed E-state index contributed by atoms with van der Waals surface area (Å²) in [6.07, 6.45) is 6.00. The van der Waals surface area contributed by atoms with Crippen molar-refractivity contribution in [2.75, 3.05) is 13.2 Å². The van der Waals surface area contributed by atoms with Crippen LogP contribution in [-0.4, -0.2) is 25.0 Å². The van der Waals surface area contributed by atoms with Crippen LogP contribution >= 0.6 is 0 Å². The summed E-state index contributed by atoms with van der Waals surface area (Å²) in [5.41, 5.74) is 0. The zero-order valence-corrected chi connectivity index (χ0v) is 9.96. The minimum absolute atomic E-state index is 0.0510. The molecule has 92 valence electrons. The maximum absolute atomic E-state index is 11.5. The first-order chi connectivity index (χ1) is 7.74. The third-order valence-corrected chi connectivity index (χ3v) is 2.80. The third kappa shape index (κ3) is 4.64. The fourth-order valence-corrected chi connectivity index (χ4v) is 1.77. The van der Waals surface area contributed by atoms with Gasteiger partial charge in [0.1, 0.15) is 0 Å². The number of unbranched alkanes of at least 4 members (excludes halogenated alkanes) is 4. The summed E-state index contributed by atoms with van der Waals surface area (Å²) < 4.78 is 5.12. The van der Waals surface area contributed by atoms with Gasteiger partial charge in [-0.15, -0.1) is 0 Å². The highest BCUT2D eigenvalue weighted by molar-refractivity contribution is 5.86. The summed E-state index contributed by atoms with van der Waals surface area (Å²) in [6.45, 7) is 3.10. The zero-order chi connectivity index (χ0) is 11.8. The van der Waals surface area contributed by atoms with Gasteiger partial charge in [0.15, 0.2) is 0 Å². The standard InChI is InChI=1S/C12H21NO3/c1-2-3-4-5-6-7-16-12(15)10-8-11(14)13-9-10/h10H,2-9H2,1H3,(H,13,14). The van der Waals surface area contributed by atoms with Crippen LogP contribution in [0.15, 0.2) is 0 Å². The van der Waals surface area contributed by atoms with Crippen LogP contribution in [0.1, 0.15) is 45.4 Å². The van der Waals surface area contributed by atoms with Crippen molar-refractivity contribution < 1.29 is 14.3 Å². The SMILES string of the molecule is CCCCCCCOC(=O)C1CNC(=O)C1. The average molecular weight is 227 g/mol. The van der Waals surface area contributed by atoms with Crippen LogP contribution in [0.4, 0.5) is 0 Å². The lowest BCUT2D eigenvalue weighted by atomic mass is 10.1. The van der Waals surface area contributed by atoms with E-state index in [4.69, 9.17) is 4.74 Å². The fourth-order valence-electron chi connectivity index (χ4n) is 1.77. The number of carbonyl (C=O) groups excluding carboxylic acids is 2. The van der Waals surface area contributed by atoms with Crippen molar-refractivity contribution in [3.8, 4) is 0 Å². The van der Waals surface area contributed by atoms with Crippen LogP contribution < -0.4 is 5.32 Å². The van der Waals surface area contributed by atoms with E-state index >= 15 is 0 Å². The molecule has 0 bridgehead atoms. The second-order valence-electron chi connectivity index (χ2n) is 4.29. The molecule has 16 heavy (non-hydrogen) atoms. The molecule has 1 unspecified atom stereocenters. The van der Waals surface area contributed by atoms with E-state index in [0.29, 0.717) is 13.2 Å². The molecule has 0 spiro atoms. The van der Waals surface area contributed by atoms with Gasteiger partial charge in [0.05, 0.1) is 12.5 Å². The maximum atomic E-state index is 11.5. The van der Waals surface area contributed by atoms with Crippen molar-refractivity contribution in [1.29, 1.82) is 0 Å². The predicted molar refractivity (Wildman–Crippen MR) is 60.8 cm³/mol. The zero-order valence-electron chi connectivity index (χ0n) is 9.96. The molecular formula is C12H21NO3. The Bertz CT molecular complexity index is 240. The van der Waals surface area contributed by atoms with Gasteiger partial charge in [-0.1, -0.05) is 32.6 Å². The molecule has 1 atom stereocenters. The molecule has 4 heteroatoms. The molecule has 0 aromatic carbocycles. The lowest BCUT2D eigenvalue weighted by molar-refractivity contribution is -0.148. The van der Waals surface area contributed by atoms with Crippen molar-refractivity contribution in [1.82, 2.24) is 5.32 Å². The Hall–Kier alpha value is -1.06. The molecule has 0 saturated carbocycles. The number of carbonyl (C=O) groups is 2.